The summed E-state index contributed by atoms with van der Waals surface area (Å²) in [6, 6.07) is 3.79. The normalized spacial score (nSPS) is 10.3. The van der Waals surface area contributed by atoms with Gasteiger partial charge in [-0.25, -0.2) is 0 Å². The largest absolute Gasteiger partial charge is 0.507 e. The van der Waals surface area contributed by atoms with Crippen molar-refractivity contribution in [1.82, 2.24) is 0 Å². The quantitative estimate of drug-likeness (QED) is 0.751. The number of phenolic OH excluding ortho intramolecular Hbond substituents is 1. The van der Waals surface area contributed by atoms with Crippen molar-refractivity contribution in [3.63, 3.8) is 0 Å². The lowest BCUT2D eigenvalue weighted by atomic mass is 9.99. The van der Waals surface area contributed by atoms with E-state index in [-0.39, 0.29) is 5.75 Å². The number of aromatic hydroxyl groups is 1. The molecule has 0 aliphatic heterocycles. The molecule has 1 N–H and O–H groups in total. The standard InChI is InChI=1S/C13H18O2/c1-3-5-10-7-11(6-4-2)13(15)12(8-10)9-14/h7-9,15H,3-6H2,1-2H3. The number of rotatable bonds is 5. The van der Waals surface area contributed by atoms with Gasteiger partial charge in [-0.3, -0.25) is 4.79 Å². The maximum Gasteiger partial charge on any atom is 0.153 e. The summed E-state index contributed by atoms with van der Waals surface area (Å²) in [5, 5.41) is 9.78. The van der Waals surface area contributed by atoms with Gasteiger partial charge in [-0.2, -0.15) is 0 Å². The second-order valence-electron chi connectivity index (χ2n) is 3.81. The van der Waals surface area contributed by atoms with Crippen molar-refractivity contribution in [1.29, 1.82) is 0 Å². The van der Waals surface area contributed by atoms with Crippen molar-refractivity contribution < 1.29 is 9.90 Å². The van der Waals surface area contributed by atoms with Crippen molar-refractivity contribution in [2.45, 2.75) is 39.5 Å². The molecule has 0 saturated heterocycles. The topological polar surface area (TPSA) is 37.3 Å². The van der Waals surface area contributed by atoms with Gasteiger partial charge >= 0.3 is 0 Å². The van der Waals surface area contributed by atoms with Crippen LogP contribution < -0.4 is 0 Å². The van der Waals surface area contributed by atoms with Gasteiger partial charge in [-0.1, -0.05) is 32.8 Å². The molecule has 0 aromatic heterocycles. The lowest BCUT2D eigenvalue weighted by Crippen LogP contribution is -1.94. The predicted molar refractivity (Wildman–Crippen MR) is 61.5 cm³/mol. The third-order valence-corrected chi connectivity index (χ3v) is 2.46. The second kappa shape index (κ2) is 5.54. The van der Waals surface area contributed by atoms with Gasteiger partial charge in [-0.15, -0.1) is 0 Å². The van der Waals surface area contributed by atoms with E-state index in [1.807, 2.05) is 6.07 Å². The van der Waals surface area contributed by atoms with Crippen LogP contribution in [-0.4, -0.2) is 11.4 Å². The van der Waals surface area contributed by atoms with E-state index in [0.29, 0.717) is 5.56 Å². The predicted octanol–water partition coefficient (Wildman–Crippen LogP) is 3.11. The molecule has 0 spiro atoms. The van der Waals surface area contributed by atoms with Gasteiger partial charge in [-0.05, 0) is 30.0 Å². The van der Waals surface area contributed by atoms with Crippen LogP contribution in [0.3, 0.4) is 0 Å². The minimum Gasteiger partial charge on any atom is -0.507 e. The summed E-state index contributed by atoms with van der Waals surface area (Å²) in [6.07, 6.45) is 4.53. The Kier molecular flexibility index (Phi) is 4.35. The molecule has 0 atom stereocenters. The van der Waals surface area contributed by atoms with Gasteiger partial charge in [0.1, 0.15) is 5.75 Å². The Morgan fingerprint density at radius 3 is 2.40 bits per heavy atom. The Bertz CT molecular complexity index is 343. The first kappa shape index (κ1) is 11.8. The number of aryl methyl sites for hydroxylation is 2. The highest BCUT2D eigenvalue weighted by Crippen LogP contribution is 2.25. The van der Waals surface area contributed by atoms with Gasteiger partial charge in [0.15, 0.2) is 6.29 Å². The fraction of sp³-hybridized carbons (Fsp3) is 0.462. The number of benzene rings is 1. The molecular formula is C13H18O2. The average molecular weight is 206 g/mol. The van der Waals surface area contributed by atoms with Crippen LogP contribution in [0.5, 0.6) is 5.75 Å². The van der Waals surface area contributed by atoms with E-state index in [2.05, 4.69) is 13.8 Å². The Morgan fingerprint density at radius 2 is 1.87 bits per heavy atom. The molecule has 0 saturated carbocycles. The van der Waals surface area contributed by atoms with Gasteiger partial charge in [0.05, 0.1) is 5.56 Å². The van der Waals surface area contributed by atoms with Crippen molar-refractivity contribution in [3.05, 3.63) is 28.8 Å². The van der Waals surface area contributed by atoms with E-state index in [1.165, 1.54) is 0 Å². The van der Waals surface area contributed by atoms with Gasteiger partial charge in [0, 0.05) is 0 Å². The van der Waals surface area contributed by atoms with E-state index in [9.17, 15) is 9.90 Å². The van der Waals surface area contributed by atoms with Crippen LogP contribution in [0.25, 0.3) is 0 Å². The van der Waals surface area contributed by atoms with Crippen molar-refractivity contribution in [3.8, 4) is 5.75 Å². The lowest BCUT2D eigenvalue weighted by Gasteiger charge is -2.08. The summed E-state index contributed by atoms with van der Waals surface area (Å²) in [7, 11) is 0. The Morgan fingerprint density at radius 1 is 1.20 bits per heavy atom. The molecule has 1 aromatic rings. The molecule has 0 bridgehead atoms. The zero-order chi connectivity index (χ0) is 11.3. The van der Waals surface area contributed by atoms with E-state index >= 15 is 0 Å². The molecule has 0 radical (unpaired) electrons. The van der Waals surface area contributed by atoms with Crippen LogP contribution in [0.2, 0.25) is 0 Å². The summed E-state index contributed by atoms with van der Waals surface area (Å²) < 4.78 is 0. The van der Waals surface area contributed by atoms with Crippen molar-refractivity contribution in [2.75, 3.05) is 0 Å². The minimum atomic E-state index is 0.159. The molecule has 1 aromatic carbocycles. The van der Waals surface area contributed by atoms with Crippen LogP contribution >= 0.6 is 0 Å². The fourth-order valence-electron chi connectivity index (χ4n) is 1.77. The Balaban J connectivity index is 3.12. The summed E-state index contributed by atoms with van der Waals surface area (Å²) in [5.74, 6) is 0.159. The molecule has 0 fully saturated rings. The van der Waals surface area contributed by atoms with Gasteiger partial charge < -0.3 is 5.11 Å². The number of hydrogen-bond donors (Lipinski definition) is 1. The molecule has 0 amide bonds. The Hall–Kier alpha value is -1.31. The molecule has 2 heteroatoms. The van der Waals surface area contributed by atoms with Crippen molar-refractivity contribution in [2.24, 2.45) is 0 Å². The van der Waals surface area contributed by atoms with Crippen LogP contribution in [0.1, 0.15) is 48.2 Å². The van der Waals surface area contributed by atoms with Crippen LogP contribution in [0, 0.1) is 0 Å². The summed E-state index contributed by atoms with van der Waals surface area (Å²) in [6.45, 7) is 4.17. The van der Waals surface area contributed by atoms with Crippen molar-refractivity contribution >= 4 is 6.29 Å². The first-order valence-corrected chi connectivity index (χ1v) is 5.52. The fourth-order valence-corrected chi connectivity index (χ4v) is 1.77. The highest BCUT2D eigenvalue weighted by atomic mass is 16.3. The minimum absolute atomic E-state index is 0.159. The number of carbonyl (C=O) groups is 1. The van der Waals surface area contributed by atoms with E-state index in [1.54, 1.807) is 6.07 Å². The summed E-state index contributed by atoms with van der Waals surface area (Å²) >= 11 is 0. The smallest absolute Gasteiger partial charge is 0.153 e. The number of aldehydes is 1. The first-order valence-electron chi connectivity index (χ1n) is 5.52. The Labute approximate surface area is 90.9 Å². The summed E-state index contributed by atoms with van der Waals surface area (Å²) in [5.41, 5.74) is 2.45. The highest BCUT2D eigenvalue weighted by Gasteiger charge is 2.08. The van der Waals surface area contributed by atoms with Crippen LogP contribution in [0.15, 0.2) is 12.1 Å². The average Bonchev–Trinajstić information content (AvgIpc) is 2.23. The zero-order valence-electron chi connectivity index (χ0n) is 9.42. The molecule has 0 heterocycles. The second-order valence-corrected chi connectivity index (χ2v) is 3.81. The monoisotopic (exact) mass is 206 g/mol. The molecule has 2 nitrogen and oxygen atoms in total. The maximum absolute atomic E-state index is 10.8. The number of carbonyl (C=O) groups excluding carboxylic acids is 1. The van der Waals surface area contributed by atoms with Crippen LogP contribution in [-0.2, 0) is 12.8 Å². The van der Waals surface area contributed by atoms with Gasteiger partial charge in [0.2, 0.25) is 0 Å². The summed E-state index contributed by atoms with van der Waals surface area (Å²) in [4.78, 5) is 10.8. The van der Waals surface area contributed by atoms with E-state index in [4.69, 9.17) is 0 Å². The molecule has 1 rings (SSSR count). The van der Waals surface area contributed by atoms with Gasteiger partial charge in [0.25, 0.3) is 0 Å². The molecule has 0 unspecified atom stereocenters. The molecular weight excluding hydrogens is 188 g/mol. The zero-order valence-corrected chi connectivity index (χ0v) is 9.42. The maximum atomic E-state index is 10.8. The molecule has 15 heavy (non-hydrogen) atoms. The third kappa shape index (κ3) is 2.82. The number of hydrogen-bond acceptors (Lipinski definition) is 2. The van der Waals surface area contributed by atoms with E-state index < -0.39 is 0 Å². The molecule has 0 aliphatic rings. The lowest BCUT2D eigenvalue weighted by molar-refractivity contribution is 0.112. The highest BCUT2D eigenvalue weighted by molar-refractivity contribution is 5.80. The SMILES string of the molecule is CCCc1cc(C=O)c(O)c(CCC)c1. The van der Waals surface area contributed by atoms with E-state index in [0.717, 1.165) is 43.1 Å². The molecule has 82 valence electrons. The first-order chi connectivity index (χ1) is 7.22. The number of phenols is 1. The molecule has 0 aliphatic carbocycles. The third-order valence-electron chi connectivity index (χ3n) is 2.46. The van der Waals surface area contributed by atoms with Crippen LogP contribution in [0.4, 0.5) is 0 Å².